The first-order valence-corrected chi connectivity index (χ1v) is 11.6. The first-order valence-electron chi connectivity index (χ1n) is 9.20. The number of hydrogen-bond acceptors (Lipinski definition) is 8. The number of benzene rings is 1. The molecule has 176 valence electrons. The van der Waals surface area contributed by atoms with Gasteiger partial charge in [-0.3, -0.25) is 0 Å². The second-order valence-corrected chi connectivity index (χ2v) is 9.58. The molecule has 3 aromatic rings. The topological polar surface area (TPSA) is 106 Å². The van der Waals surface area contributed by atoms with Gasteiger partial charge in [-0.2, -0.15) is 13.2 Å². The van der Waals surface area contributed by atoms with E-state index in [-0.39, 0.29) is 43.8 Å². The molecule has 0 unspecified atom stereocenters. The number of halogens is 5. The lowest BCUT2D eigenvalue weighted by molar-refractivity contribution is -0.153. The summed E-state index contributed by atoms with van der Waals surface area (Å²) >= 11 is 11.8. The molecular formula is C19H16Cl2F3N5O3S. The third kappa shape index (κ3) is 6.83. The third-order valence-electron chi connectivity index (χ3n) is 4.08. The van der Waals surface area contributed by atoms with Gasteiger partial charge in [0.1, 0.15) is 29.5 Å². The lowest BCUT2D eigenvalue weighted by Crippen LogP contribution is -2.19. The summed E-state index contributed by atoms with van der Waals surface area (Å²) in [5.74, 6) is 0.359. The Balaban J connectivity index is 1.90. The molecule has 8 nitrogen and oxygen atoms in total. The number of aromatic nitrogens is 3. The Morgan fingerprint density at radius 3 is 2.27 bits per heavy atom. The smallest absolute Gasteiger partial charge is 0.422 e. The number of ether oxygens (including phenoxy) is 1. The molecule has 0 saturated carbocycles. The van der Waals surface area contributed by atoms with Crippen LogP contribution >= 0.6 is 23.2 Å². The largest absolute Gasteiger partial charge is 0.482 e. The fraction of sp³-hybridized carbons (Fsp3) is 0.211. The zero-order valence-electron chi connectivity index (χ0n) is 16.8. The molecule has 0 aliphatic heterocycles. The number of pyridine rings is 1. The Morgan fingerprint density at radius 1 is 0.970 bits per heavy atom. The van der Waals surface area contributed by atoms with Crippen molar-refractivity contribution in [2.24, 2.45) is 0 Å². The second-order valence-electron chi connectivity index (χ2n) is 6.49. The highest BCUT2D eigenvalue weighted by molar-refractivity contribution is 7.91. The zero-order chi connectivity index (χ0) is 24.2. The minimum atomic E-state index is -4.58. The predicted molar refractivity (Wildman–Crippen MR) is 119 cm³/mol. The van der Waals surface area contributed by atoms with Crippen LogP contribution in [0.5, 0.6) is 5.75 Å². The van der Waals surface area contributed by atoms with Gasteiger partial charge >= 0.3 is 6.18 Å². The minimum absolute atomic E-state index is 0.0221. The van der Waals surface area contributed by atoms with Crippen molar-refractivity contribution in [1.29, 1.82) is 0 Å². The van der Waals surface area contributed by atoms with Gasteiger partial charge in [0.2, 0.25) is 0 Å². The Morgan fingerprint density at radius 2 is 1.64 bits per heavy atom. The van der Waals surface area contributed by atoms with Crippen LogP contribution in [0.2, 0.25) is 10.0 Å². The van der Waals surface area contributed by atoms with Crippen LogP contribution in [-0.2, 0) is 9.84 Å². The summed E-state index contributed by atoms with van der Waals surface area (Å²) in [4.78, 5) is 12.0. The molecule has 0 fully saturated rings. The van der Waals surface area contributed by atoms with Crippen LogP contribution in [0.25, 0.3) is 0 Å². The van der Waals surface area contributed by atoms with Crippen molar-refractivity contribution in [3.63, 3.8) is 0 Å². The van der Waals surface area contributed by atoms with Crippen molar-refractivity contribution in [3.8, 4) is 5.75 Å². The van der Waals surface area contributed by atoms with Crippen LogP contribution in [0.4, 0.5) is 36.3 Å². The van der Waals surface area contributed by atoms with Crippen LogP contribution in [0, 0.1) is 0 Å². The molecule has 0 saturated heterocycles. The molecule has 14 heteroatoms. The number of anilines is 4. The van der Waals surface area contributed by atoms with Crippen LogP contribution in [0.1, 0.15) is 6.92 Å². The van der Waals surface area contributed by atoms with Crippen molar-refractivity contribution in [2.75, 3.05) is 23.0 Å². The number of nitrogens with one attached hydrogen (secondary N) is 2. The quantitative estimate of drug-likeness (QED) is 0.405. The summed E-state index contributed by atoms with van der Waals surface area (Å²) in [6.45, 7) is -0.100. The molecule has 0 bridgehead atoms. The van der Waals surface area contributed by atoms with Crippen molar-refractivity contribution in [3.05, 3.63) is 52.9 Å². The summed E-state index contributed by atoms with van der Waals surface area (Å²) in [6, 6.07) is 6.41. The van der Waals surface area contributed by atoms with Gasteiger partial charge in [0.15, 0.2) is 16.4 Å². The summed E-state index contributed by atoms with van der Waals surface area (Å²) < 4.78 is 67.2. The average molecular weight is 522 g/mol. The van der Waals surface area contributed by atoms with Crippen LogP contribution < -0.4 is 15.4 Å². The molecule has 2 aromatic heterocycles. The molecule has 0 aliphatic carbocycles. The maximum Gasteiger partial charge on any atom is 0.422 e. The molecule has 2 heterocycles. The van der Waals surface area contributed by atoms with E-state index in [9.17, 15) is 21.6 Å². The van der Waals surface area contributed by atoms with Gasteiger partial charge in [0, 0.05) is 18.3 Å². The molecule has 33 heavy (non-hydrogen) atoms. The third-order valence-corrected chi connectivity index (χ3v) is 6.52. The molecule has 0 spiro atoms. The standard InChI is InChI=1S/C19H16Cl2F3N5O3S/c1-2-33(30,31)11-3-4-15(32-9-19(22,23)24)14(5-11)28-17-7-18(27-10-26-17)29-16-6-12(20)13(21)8-25-16/h3-8,10H,2,9H2,1H3,(H2,25,26,27,28,29). The van der Waals surface area contributed by atoms with Gasteiger partial charge in [-0.05, 0) is 18.2 Å². The van der Waals surface area contributed by atoms with E-state index in [0.717, 1.165) is 6.07 Å². The summed E-state index contributed by atoms with van der Waals surface area (Å²) in [5.41, 5.74) is -0.0221. The lowest BCUT2D eigenvalue weighted by atomic mass is 10.3. The molecule has 0 amide bonds. The van der Waals surface area contributed by atoms with Crippen LogP contribution in [0.15, 0.2) is 47.8 Å². The first-order chi connectivity index (χ1) is 15.5. The highest BCUT2D eigenvalue weighted by Crippen LogP contribution is 2.32. The number of alkyl halides is 3. The molecule has 0 radical (unpaired) electrons. The van der Waals surface area contributed by atoms with E-state index >= 15 is 0 Å². The lowest BCUT2D eigenvalue weighted by Gasteiger charge is -2.16. The molecule has 0 atom stereocenters. The fourth-order valence-corrected chi connectivity index (χ4v) is 3.66. The maximum atomic E-state index is 12.6. The highest BCUT2D eigenvalue weighted by Gasteiger charge is 2.29. The number of rotatable bonds is 8. The van der Waals surface area contributed by atoms with E-state index in [4.69, 9.17) is 27.9 Å². The van der Waals surface area contributed by atoms with E-state index < -0.39 is 22.6 Å². The van der Waals surface area contributed by atoms with Crippen LogP contribution in [0.3, 0.4) is 0 Å². The van der Waals surface area contributed by atoms with Crippen molar-refractivity contribution >= 4 is 56.2 Å². The summed E-state index contributed by atoms with van der Waals surface area (Å²) in [5, 5.41) is 6.19. The van der Waals surface area contributed by atoms with Gasteiger partial charge in [0.25, 0.3) is 0 Å². The fourth-order valence-electron chi connectivity index (χ4n) is 2.50. The van der Waals surface area contributed by atoms with Crippen molar-refractivity contribution in [1.82, 2.24) is 15.0 Å². The predicted octanol–water partition coefficient (Wildman–Crippen LogP) is 5.40. The summed E-state index contributed by atoms with van der Waals surface area (Å²) in [6.07, 6.45) is -2.05. The Bertz CT molecular complexity index is 1260. The number of nitrogens with zero attached hydrogens (tertiary/aromatic N) is 3. The van der Waals surface area contributed by atoms with E-state index in [1.54, 1.807) is 0 Å². The van der Waals surface area contributed by atoms with Gasteiger partial charge in [-0.1, -0.05) is 30.1 Å². The number of sulfone groups is 1. The Kier molecular flexibility index (Phi) is 7.50. The number of hydrogen-bond donors (Lipinski definition) is 2. The molecule has 1 aromatic carbocycles. The normalized spacial score (nSPS) is 11.8. The Labute approximate surface area is 197 Å². The average Bonchev–Trinajstić information content (AvgIpc) is 2.75. The van der Waals surface area contributed by atoms with E-state index in [1.807, 2.05) is 0 Å². The molecule has 3 rings (SSSR count). The Hall–Kier alpha value is -2.83. The first kappa shape index (κ1) is 24.8. The molecular weight excluding hydrogens is 506 g/mol. The maximum absolute atomic E-state index is 12.6. The molecule has 2 N–H and O–H groups in total. The highest BCUT2D eigenvalue weighted by atomic mass is 35.5. The molecule has 0 aliphatic rings. The van der Waals surface area contributed by atoms with E-state index in [1.165, 1.54) is 43.7 Å². The van der Waals surface area contributed by atoms with E-state index in [0.29, 0.717) is 5.82 Å². The van der Waals surface area contributed by atoms with Gasteiger partial charge in [-0.25, -0.2) is 23.4 Å². The SMILES string of the molecule is CCS(=O)(=O)c1ccc(OCC(F)(F)F)c(Nc2cc(Nc3cc(Cl)c(Cl)cn3)ncn2)c1. The van der Waals surface area contributed by atoms with Gasteiger partial charge in [-0.15, -0.1) is 0 Å². The monoisotopic (exact) mass is 521 g/mol. The second kappa shape index (κ2) is 9.98. The van der Waals surface area contributed by atoms with Crippen LogP contribution in [-0.4, -0.2) is 41.9 Å². The minimum Gasteiger partial charge on any atom is -0.482 e. The summed E-state index contributed by atoms with van der Waals surface area (Å²) in [7, 11) is -3.62. The van der Waals surface area contributed by atoms with Crippen molar-refractivity contribution < 1.29 is 26.3 Å². The van der Waals surface area contributed by atoms with Crippen molar-refractivity contribution in [2.45, 2.75) is 18.0 Å². The zero-order valence-corrected chi connectivity index (χ0v) is 19.1. The van der Waals surface area contributed by atoms with Gasteiger partial charge in [0.05, 0.1) is 26.4 Å². The van der Waals surface area contributed by atoms with E-state index in [2.05, 4.69) is 25.6 Å². The van der Waals surface area contributed by atoms with Gasteiger partial charge < -0.3 is 15.4 Å².